The molecule has 4 nitrogen and oxygen atoms in total. The standard InChI is InChI=1S/C36H22N2O2/c37-22-14-15-23(21-13-18-34-28(19-21)25-8-3-5-11-32(25)39-34)31(20-22)38-29-10-4-1-9-27(29)35-30(38)17-16-26-24-7-2-6-12-33(24)40-36(26)35/h1-20H,37H2. The number of anilines is 1. The fraction of sp³-hybridized carbons (Fsp3) is 0. The summed E-state index contributed by atoms with van der Waals surface area (Å²) in [5.41, 5.74) is 16.1. The van der Waals surface area contributed by atoms with Gasteiger partial charge in [-0.1, -0.05) is 66.7 Å². The first-order chi connectivity index (χ1) is 19.7. The lowest BCUT2D eigenvalue weighted by atomic mass is 10.00. The monoisotopic (exact) mass is 514 g/mol. The van der Waals surface area contributed by atoms with E-state index >= 15 is 0 Å². The summed E-state index contributed by atoms with van der Waals surface area (Å²) in [6.07, 6.45) is 0. The van der Waals surface area contributed by atoms with Crippen LogP contribution in [0.4, 0.5) is 5.69 Å². The van der Waals surface area contributed by atoms with Crippen molar-refractivity contribution in [2.45, 2.75) is 0 Å². The van der Waals surface area contributed by atoms with Gasteiger partial charge in [-0.3, -0.25) is 0 Å². The Morgan fingerprint density at radius 1 is 0.500 bits per heavy atom. The molecule has 4 heteroatoms. The zero-order valence-corrected chi connectivity index (χ0v) is 21.4. The Morgan fingerprint density at radius 2 is 1.20 bits per heavy atom. The molecule has 0 aliphatic carbocycles. The van der Waals surface area contributed by atoms with E-state index in [0.717, 1.165) is 82.5 Å². The summed E-state index contributed by atoms with van der Waals surface area (Å²) >= 11 is 0. The summed E-state index contributed by atoms with van der Waals surface area (Å²) < 4.78 is 14.9. The molecule has 0 amide bonds. The number of nitrogens with two attached hydrogens (primary N) is 1. The van der Waals surface area contributed by atoms with Crippen molar-refractivity contribution >= 4 is 71.4 Å². The Balaban J connectivity index is 1.39. The molecule has 9 rings (SSSR count). The van der Waals surface area contributed by atoms with E-state index in [9.17, 15) is 0 Å². The van der Waals surface area contributed by atoms with Gasteiger partial charge in [0.25, 0.3) is 0 Å². The Kier molecular flexibility index (Phi) is 4.17. The maximum absolute atomic E-state index is 6.49. The van der Waals surface area contributed by atoms with Crippen LogP contribution in [0.25, 0.3) is 82.5 Å². The van der Waals surface area contributed by atoms with E-state index in [-0.39, 0.29) is 0 Å². The van der Waals surface area contributed by atoms with E-state index in [1.54, 1.807) is 0 Å². The SMILES string of the molecule is Nc1ccc(-c2ccc3oc4ccccc4c3c2)c(-n2c3ccccc3c3c4oc5ccccc5c4ccc32)c1. The Hall–Kier alpha value is -5.48. The van der Waals surface area contributed by atoms with Crippen molar-refractivity contribution in [2.24, 2.45) is 0 Å². The van der Waals surface area contributed by atoms with E-state index in [1.807, 2.05) is 30.3 Å². The normalized spacial score (nSPS) is 12.1. The minimum absolute atomic E-state index is 0.712. The van der Waals surface area contributed by atoms with Gasteiger partial charge in [-0.05, 0) is 60.2 Å². The Morgan fingerprint density at radius 3 is 2.05 bits per heavy atom. The van der Waals surface area contributed by atoms with Crippen molar-refractivity contribution < 1.29 is 8.83 Å². The quantitative estimate of drug-likeness (QED) is 0.234. The van der Waals surface area contributed by atoms with E-state index in [1.165, 1.54) is 0 Å². The minimum Gasteiger partial charge on any atom is -0.456 e. The second-order valence-electron chi connectivity index (χ2n) is 10.4. The number of nitrogen functional groups attached to an aromatic ring is 1. The van der Waals surface area contributed by atoms with Gasteiger partial charge in [0, 0.05) is 38.2 Å². The molecule has 0 spiro atoms. The van der Waals surface area contributed by atoms with Gasteiger partial charge in [0.15, 0.2) is 0 Å². The Labute approximate surface area is 228 Å². The van der Waals surface area contributed by atoms with Crippen molar-refractivity contribution in [1.29, 1.82) is 0 Å². The molecule has 0 fully saturated rings. The van der Waals surface area contributed by atoms with E-state index < -0.39 is 0 Å². The van der Waals surface area contributed by atoms with Crippen molar-refractivity contribution in [3.8, 4) is 16.8 Å². The van der Waals surface area contributed by atoms with Gasteiger partial charge in [-0.25, -0.2) is 0 Å². The largest absolute Gasteiger partial charge is 0.456 e. The van der Waals surface area contributed by atoms with Crippen molar-refractivity contribution in [3.05, 3.63) is 121 Å². The second-order valence-corrected chi connectivity index (χ2v) is 10.4. The van der Waals surface area contributed by atoms with E-state index in [2.05, 4.69) is 95.6 Å². The van der Waals surface area contributed by atoms with Gasteiger partial charge >= 0.3 is 0 Å². The summed E-state index contributed by atoms with van der Waals surface area (Å²) in [5.74, 6) is 0. The molecule has 188 valence electrons. The first-order valence-corrected chi connectivity index (χ1v) is 13.4. The molecule has 2 N–H and O–H groups in total. The highest BCUT2D eigenvalue weighted by atomic mass is 16.3. The average Bonchev–Trinajstić information content (AvgIpc) is 3.66. The number of para-hydroxylation sites is 3. The summed E-state index contributed by atoms with van der Waals surface area (Å²) in [5, 5.41) is 6.71. The van der Waals surface area contributed by atoms with Crippen LogP contribution in [0.3, 0.4) is 0 Å². The molecule has 0 atom stereocenters. The zero-order chi connectivity index (χ0) is 26.4. The van der Waals surface area contributed by atoms with Crippen LogP contribution in [0.5, 0.6) is 0 Å². The van der Waals surface area contributed by atoms with Gasteiger partial charge in [0.2, 0.25) is 0 Å². The molecule has 9 aromatic rings. The van der Waals surface area contributed by atoms with Crippen LogP contribution < -0.4 is 5.73 Å². The van der Waals surface area contributed by atoms with Crippen molar-refractivity contribution in [3.63, 3.8) is 0 Å². The number of hydrogen-bond donors (Lipinski definition) is 1. The highest BCUT2D eigenvalue weighted by Crippen LogP contribution is 2.43. The van der Waals surface area contributed by atoms with Gasteiger partial charge in [-0.15, -0.1) is 0 Å². The van der Waals surface area contributed by atoms with Gasteiger partial charge in [-0.2, -0.15) is 0 Å². The van der Waals surface area contributed by atoms with E-state index in [4.69, 9.17) is 14.6 Å². The van der Waals surface area contributed by atoms with Crippen LogP contribution in [0, 0.1) is 0 Å². The van der Waals surface area contributed by atoms with Crippen LogP contribution in [-0.4, -0.2) is 4.57 Å². The number of furan rings is 2. The summed E-state index contributed by atoms with van der Waals surface area (Å²) in [7, 11) is 0. The molecule has 40 heavy (non-hydrogen) atoms. The number of rotatable bonds is 2. The maximum atomic E-state index is 6.49. The Bertz CT molecular complexity index is 2460. The van der Waals surface area contributed by atoms with Gasteiger partial charge < -0.3 is 19.1 Å². The predicted molar refractivity (Wildman–Crippen MR) is 165 cm³/mol. The number of hydrogen-bond acceptors (Lipinski definition) is 3. The topological polar surface area (TPSA) is 57.2 Å². The zero-order valence-electron chi connectivity index (χ0n) is 21.4. The first kappa shape index (κ1) is 21.5. The third-order valence-corrected chi connectivity index (χ3v) is 8.13. The maximum Gasteiger partial charge on any atom is 0.145 e. The minimum atomic E-state index is 0.712. The number of benzene rings is 6. The molecule has 3 heterocycles. The third kappa shape index (κ3) is 2.85. The van der Waals surface area contributed by atoms with Crippen LogP contribution in [0.15, 0.2) is 130 Å². The van der Waals surface area contributed by atoms with Crippen LogP contribution in [0.2, 0.25) is 0 Å². The number of nitrogens with zero attached hydrogens (tertiary/aromatic N) is 1. The molecule has 0 bridgehead atoms. The lowest BCUT2D eigenvalue weighted by Crippen LogP contribution is -1.99. The molecule has 6 aromatic carbocycles. The number of aromatic nitrogens is 1. The average molecular weight is 515 g/mol. The molecular weight excluding hydrogens is 492 g/mol. The summed E-state index contributed by atoms with van der Waals surface area (Å²) in [4.78, 5) is 0. The molecule has 0 aliphatic heterocycles. The lowest BCUT2D eigenvalue weighted by Gasteiger charge is -2.15. The molecule has 0 saturated carbocycles. The van der Waals surface area contributed by atoms with Crippen LogP contribution in [0.1, 0.15) is 0 Å². The predicted octanol–water partition coefficient (Wildman–Crippen LogP) is 9.83. The lowest BCUT2D eigenvalue weighted by molar-refractivity contribution is 0.669. The smallest absolute Gasteiger partial charge is 0.145 e. The first-order valence-electron chi connectivity index (χ1n) is 13.4. The highest BCUT2D eigenvalue weighted by molar-refractivity contribution is 6.24. The van der Waals surface area contributed by atoms with Crippen LogP contribution >= 0.6 is 0 Å². The summed E-state index contributed by atoms with van der Waals surface area (Å²) in [6.45, 7) is 0. The van der Waals surface area contributed by atoms with Gasteiger partial charge in [0.05, 0.1) is 22.1 Å². The van der Waals surface area contributed by atoms with E-state index in [0.29, 0.717) is 5.69 Å². The second kappa shape index (κ2) is 7.78. The van der Waals surface area contributed by atoms with Crippen molar-refractivity contribution in [2.75, 3.05) is 5.73 Å². The fourth-order valence-corrected chi connectivity index (χ4v) is 6.37. The van der Waals surface area contributed by atoms with Gasteiger partial charge in [0.1, 0.15) is 22.3 Å². The van der Waals surface area contributed by atoms with Crippen molar-refractivity contribution in [1.82, 2.24) is 4.57 Å². The van der Waals surface area contributed by atoms with Crippen LogP contribution in [-0.2, 0) is 0 Å². The fourth-order valence-electron chi connectivity index (χ4n) is 6.37. The number of fused-ring (bicyclic) bond motifs is 10. The summed E-state index contributed by atoms with van der Waals surface area (Å²) in [6, 6.07) is 41.9. The molecule has 0 unspecified atom stereocenters. The highest BCUT2D eigenvalue weighted by Gasteiger charge is 2.20. The molecule has 0 saturated heterocycles. The third-order valence-electron chi connectivity index (χ3n) is 8.13. The molecule has 0 radical (unpaired) electrons. The molecule has 3 aromatic heterocycles. The molecule has 0 aliphatic rings. The molecular formula is C36H22N2O2.